The molecular weight excluding hydrogens is 282 g/mol. The second kappa shape index (κ2) is 6.93. The normalized spacial score (nSPS) is 14.4. The molecule has 0 aliphatic carbocycles. The molecule has 120 valence electrons. The quantitative estimate of drug-likeness (QED) is 0.863. The van der Waals surface area contributed by atoms with E-state index in [1.807, 2.05) is 32.9 Å². The Kier molecular flexibility index (Phi) is 6.00. The van der Waals surface area contributed by atoms with Crippen molar-refractivity contribution in [2.45, 2.75) is 65.3 Å². The van der Waals surface area contributed by atoms with Gasteiger partial charge in [-0.1, -0.05) is 53.7 Å². The SMILES string of the molecule is CC[C@@H](NS(=O)(=O)c1ccc(CC(C)(C)C)cc1)C(C)C. The Labute approximate surface area is 130 Å². The van der Waals surface area contributed by atoms with E-state index in [0.29, 0.717) is 4.90 Å². The van der Waals surface area contributed by atoms with E-state index in [2.05, 4.69) is 25.5 Å². The van der Waals surface area contributed by atoms with Gasteiger partial charge in [0.05, 0.1) is 4.90 Å². The summed E-state index contributed by atoms with van der Waals surface area (Å²) < 4.78 is 27.6. The van der Waals surface area contributed by atoms with Gasteiger partial charge in [-0.25, -0.2) is 13.1 Å². The van der Waals surface area contributed by atoms with E-state index >= 15 is 0 Å². The van der Waals surface area contributed by atoms with Gasteiger partial charge >= 0.3 is 0 Å². The first-order valence-corrected chi connectivity index (χ1v) is 9.15. The van der Waals surface area contributed by atoms with Crippen molar-refractivity contribution in [2.24, 2.45) is 11.3 Å². The van der Waals surface area contributed by atoms with Crippen LogP contribution in [0.5, 0.6) is 0 Å². The lowest BCUT2D eigenvalue weighted by atomic mass is 9.88. The molecule has 0 fully saturated rings. The molecular formula is C17H29NO2S. The Morgan fingerprint density at radius 2 is 1.62 bits per heavy atom. The number of hydrogen-bond acceptors (Lipinski definition) is 2. The zero-order valence-corrected chi connectivity index (χ0v) is 14.9. The summed E-state index contributed by atoms with van der Waals surface area (Å²) in [6.07, 6.45) is 1.73. The average molecular weight is 311 g/mol. The van der Waals surface area contributed by atoms with Crippen LogP contribution in [0.4, 0.5) is 0 Å². The van der Waals surface area contributed by atoms with Crippen LogP contribution in [-0.4, -0.2) is 14.5 Å². The second-order valence-electron chi connectivity index (χ2n) is 7.26. The molecule has 1 aromatic carbocycles. The molecule has 0 unspecified atom stereocenters. The van der Waals surface area contributed by atoms with Gasteiger partial charge in [0.15, 0.2) is 0 Å². The van der Waals surface area contributed by atoms with E-state index in [4.69, 9.17) is 0 Å². The van der Waals surface area contributed by atoms with Crippen molar-refractivity contribution < 1.29 is 8.42 Å². The van der Waals surface area contributed by atoms with Gasteiger partial charge in [0.25, 0.3) is 0 Å². The molecule has 3 nitrogen and oxygen atoms in total. The van der Waals surface area contributed by atoms with Crippen LogP contribution in [0.1, 0.15) is 53.5 Å². The fourth-order valence-electron chi connectivity index (χ4n) is 2.36. The van der Waals surface area contributed by atoms with Crippen molar-refractivity contribution >= 4 is 10.0 Å². The van der Waals surface area contributed by atoms with Gasteiger partial charge < -0.3 is 0 Å². The fourth-order valence-corrected chi connectivity index (χ4v) is 3.82. The molecule has 0 heterocycles. The van der Waals surface area contributed by atoms with Crippen molar-refractivity contribution in [3.05, 3.63) is 29.8 Å². The van der Waals surface area contributed by atoms with Crippen LogP contribution in [0, 0.1) is 11.3 Å². The number of benzene rings is 1. The largest absolute Gasteiger partial charge is 0.240 e. The zero-order chi connectivity index (χ0) is 16.3. The van der Waals surface area contributed by atoms with Crippen LogP contribution in [-0.2, 0) is 16.4 Å². The number of rotatable bonds is 6. The first-order chi connectivity index (χ1) is 9.55. The molecule has 0 aliphatic heterocycles. The highest BCUT2D eigenvalue weighted by Gasteiger charge is 2.21. The van der Waals surface area contributed by atoms with Crippen molar-refractivity contribution in [2.75, 3.05) is 0 Å². The van der Waals surface area contributed by atoms with E-state index in [1.54, 1.807) is 12.1 Å². The lowest BCUT2D eigenvalue weighted by Crippen LogP contribution is -2.37. The smallest absolute Gasteiger partial charge is 0.208 e. The van der Waals surface area contributed by atoms with Crippen molar-refractivity contribution in [1.82, 2.24) is 4.72 Å². The number of sulfonamides is 1. The molecule has 0 amide bonds. The maximum atomic E-state index is 12.4. The average Bonchev–Trinajstić information content (AvgIpc) is 2.34. The topological polar surface area (TPSA) is 46.2 Å². The molecule has 0 saturated heterocycles. The summed E-state index contributed by atoms with van der Waals surface area (Å²) in [4.78, 5) is 0.347. The summed E-state index contributed by atoms with van der Waals surface area (Å²) in [5.74, 6) is 0.282. The fraction of sp³-hybridized carbons (Fsp3) is 0.647. The zero-order valence-electron chi connectivity index (χ0n) is 14.1. The minimum Gasteiger partial charge on any atom is -0.208 e. The third-order valence-corrected chi connectivity index (χ3v) is 5.03. The third-order valence-electron chi connectivity index (χ3n) is 3.52. The first-order valence-electron chi connectivity index (χ1n) is 7.66. The minimum absolute atomic E-state index is 0.0238. The van der Waals surface area contributed by atoms with E-state index in [1.165, 1.54) is 0 Å². The maximum absolute atomic E-state index is 12.4. The highest BCUT2D eigenvalue weighted by atomic mass is 32.2. The highest BCUT2D eigenvalue weighted by Crippen LogP contribution is 2.22. The van der Waals surface area contributed by atoms with Crippen LogP contribution >= 0.6 is 0 Å². The lowest BCUT2D eigenvalue weighted by molar-refractivity contribution is 0.411. The van der Waals surface area contributed by atoms with Crippen LogP contribution < -0.4 is 4.72 Å². The van der Waals surface area contributed by atoms with Crippen LogP contribution in [0.15, 0.2) is 29.2 Å². The van der Waals surface area contributed by atoms with E-state index in [9.17, 15) is 8.42 Å². The summed E-state index contributed by atoms with van der Waals surface area (Å²) in [6, 6.07) is 7.21. The van der Waals surface area contributed by atoms with Gasteiger partial charge in [-0.2, -0.15) is 0 Å². The summed E-state index contributed by atoms with van der Waals surface area (Å²) in [5.41, 5.74) is 1.36. The third kappa shape index (κ3) is 5.79. The minimum atomic E-state index is -3.43. The van der Waals surface area contributed by atoms with Crippen molar-refractivity contribution in [3.8, 4) is 0 Å². The molecule has 1 atom stereocenters. The Bertz CT molecular complexity index is 539. The number of nitrogens with one attached hydrogen (secondary N) is 1. The van der Waals surface area contributed by atoms with Crippen molar-refractivity contribution in [3.63, 3.8) is 0 Å². The van der Waals surface area contributed by atoms with Gasteiger partial charge in [-0.05, 0) is 41.9 Å². The predicted octanol–water partition coefficient (Wildman–Crippen LogP) is 3.99. The highest BCUT2D eigenvalue weighted by molar-refractivity contribution is 7.89. The van der Waals surface area contributed by atoms with Crippen LogP contribution in [0.3, 0.4) is 0 Å². The van der Waals surface area contributed by atoms with Crippen molar-refractivity contribution in [1.29, 1.82) is 0 Å². The number of hydrogen-bond donors (Lipinski definition) is 1. The lowest BCUT2D eigenvalue weighted by Gasteiger charge is -2.21. The molecule has 0 bridgehead atoms. The van der Waals surface area contributed by atoms with Gasteiger partial charge in [0.2, 0.25) is 10.0 Å². The van der Waals surface area contributed by atoms with Gasteiger partial charge in [0, 0.05) is 6.04 Å². The standard InChI is InChI=1S/C17H29NO2S/c1-7-16(13(2)3)18-21(19,20)15-10-8-14(9-11-15)12-17(4,5)6/h8-11,13,16,18H,7,12H2,1-6H3/t16-/m1/s1. The van der Waals surface area contributed by atoms with E-state index in [0.717, 1.165) is 18.4 Å². The van der Waals surface area contributed by atoms with E-state index < -0.39 is 10.0 Å². The molecule has 1 N–H and O–H groups in total. The Morgan fingerprint density at radius 1 is 1.10 bits per heavy atom. The maximum Gasteiger partial charge on any atom is 0.240 e. The molecule has 0 aliphatic rings. The summed E-state index contributed by atoms with van der Waals surface area (Å²) in [5, 5.41) is 0. The molecule has 0 radical (unpaired) electrons. The van der Waals surface area contributed by atoms with Crippen LogP contribution in [0.25, 0.3) is 0 Å². The Morgan fingerprint density at radius 3 is 2.00 bits per heavy atom. The van der Waals surface area contributed by atoms with E-state index in [-0.39, 0.29) is 17.4 Å². The summed E-state index contributed by atoms with van der Waals surface area (Å²) in [6.45, 7) is 12.6. The molecule has 0 aromatic heterocycles. The van der Waals surface area contributed by atoms with Crippen LogP contribution in [0.2, 0.25) is 0 Å². The second-order valence-corrected chi connectivity index (χ2v) is 8.98. The predicted molar refractivity (Wildman–Crippen MR) is 88.8 cm³/mol. The van der Waals surface area contributed by atoms with Gasteiger partial charge in [-0.15, -0.1) is 0 Å². The summed E-state index contributed by atoms with van der Waals surface area (Å²) >= 11 is 0. The molecule has 4 heteroatoms. The molecule has 0 spiro atoms. The Balaban J connectivity index is 2.90. The molecule has 1 aromatic rings. The van der Waals surface area contributed by atoms with Gasteiger partial charge in [-0.3, -0.25) is 0 Å². The first kappa shape index (κ1) is 18.2. The summed E-state index contributed by atoms with van der Waals surface area (Å²) in [7, 11) is -3.43. The molecule has 21 heavy (non-hydrogen) atoms. The molecule has 1 rings (SSSR count). The Hall–Kier alpha value is -0.870. The monoisotopic (exact) mass is 311 g/mol. The molecule has 0 saturated carbocycles. The van der Waals surface area contributed by atoms with Gasteiger partial charge in [0.1, 0.15) is 0 Å².